The molecule has 1 aromatic carbocycles. The summed E-state index contributed by atoms with van der Waals surface area (Å²) in [5.74, 6) is 0.447. The first-order chi connectivity index (χ1) is 13.1. The molecule has 0 saturated heterocycles. The van der Waals surface area contributed by atoms with Crippen molar-refractivity contribution < 1.29 is 9.13 Å². The molecule has 0 amide bonds. The van der Waals surface area contributed by atoms with E-state index < -0.39 is 6.17 Å². The van der Waals surface area contributed by atoms with Crippen LogP contribution in [-0.4, -0.2) is 25.3 Å². The van der Waals surface area contributed by atoms with Gasteiger partial charge in [0.1, 0.15) is 6.17 Å². The number of benzene rings is 1. The third-order valence-corrected chi connectivity index (χ3v) is 6.02. The predicted octanol–water partition coefficient (Wildman–Crippen LogP) is 4.06. The molecule has 1 aromatic rings. The molecule has 144 valence electrons. The molecule has 27 heavy (non-hydrogen) atoms. The minimum absolute atomic E-state index is 0.0244. The van der Waals surface area contributed by atoms with Crippen LogP contribution in [-0.2, 0) is 11.3 Å². The van der Waals surface area contributed by atoms with E-state index in [1.54, 1.807) is 13.2 Å². The molecule has 1 saturated carbocycles. The van der Waals surface area contributed by atoms with Crippen LogP contribution in [0, 0.1) is 11.8 Å². The van der Waals surface area contributed by atoms with E-state index in [-0.39, 0.29) is 18.0 Å². The Kier molecular flexibility index (Phi) is 5.24. The van der Waals surface area contributed by atoms with E-state index >= 15 is 0 Å². The van der Waals surface area contributed by atoms with Crippen molar-refractivity contribution in [2.24, 2.45) is 22.6 Å². The predicted molar refractivity (Wildman–Crippen MR) is 106 cm³/mol. The quantitative estimate of drug-likeness (QED) is 0.816. The third-order valence-electron chi connectivity index (χ3n) is 5.67. The smallest absolute Gasteiger partial charge is 0.285 e. The molecule has 1 aliphatic heterocycles. The molecule has 4 nitrogen and oxygen atoms in total. The van der Waals surface area contributed by atoms with Gasteiger partial charge in [-0.25, -0.2) is 9.38 Å². The summed E-state index contributed by atoms with van der Waals surface area (Å²) in [5, 5.41) is 4.00. The van der Waals surface area contributed by atoms with Gasteiger partial charge in [-0.1, -0.05) is 35.9 Å². The van der Waals surface area contributed by atoms with Crippen LogP contribution in [0.2, 0.25) is 5.02 Å². The largest absolute Gasteiger partial charge is 0.469 e. The highest BCUT2D eigenvalue weighted by molar-refractivity contribution is 6.31. The summed E-state index contributed by atoms with van der Waals surface area (Å²) in [5.41, 5.74) is 8.87. The fourth-order valence-electron chi connectivity index (χ4n) is 3.98. The minimum Gasteiger partial charge on any atom is -0.469 e. The van der Waals surface area contributed by atoms with Crippen LogP contribution in [0.15, 0.2) is 47.0 Å². The van der Waals surface area contributed by atoms with E-state index in [1.807, 2.05) is 24.3 Å². The molecule has 0 aromatic heterocycles. The second-order valence-electron chi connectivity index (χ2n) is 7.53. The van der Waals surface area contributed by atoms with Crippen LogP contribution in [0.1, 0.15) is 36.4 Å². The first-order valence-electron chi connectivity index (χ1n) is 9.49. The molecule has 3 aliphatic rings. The zero-order valence-electron chi connectivity index (χ0n) is 15.4. The van der Waals surface area contributed by atoms with Gasteiger partial charge in [-0.3, -0.25) is 0 Å². The van der Waals surface area contributed by atoms with Gasteiger partial charge in [0.25, 0.3) is 6.02 Å². The lowest BCUT2D eigenvalue weighted by atomic mass is 9.85. The van der Waals surface area contributed by atoms with Crippen molar-refractivity contribution in [3.05, 3.63) is 58.1 Å². The molecule has 0 radical (unpaired) electrons. The summed E-state index contributed by atoms with van der Waals surface area (Å²) < 4.78 is 19.7. The lowest BCUT2D eigenvalue weighted by molar-refractivity contribution is 0.292. The lowest BCUT2D eigenvalue weighted by Crippen LogP contribution is -2.38. The highest BCUT2D eigenvalue weighted by Gasteiger charge is 2.37. The van der Waals surface area contributed by atoms with Crippen molar-refractivity contribution in [2.45, 2.75) is 44.1 Å². The van der Waals surface area contributed by atoms with Gasteiger partial charge in [-0.2, -0.15) is 0 Å². The Balaban J connectivity index is 1.62. The van der Waals surface area contributed by atoms with Crippen molar-refractivity contribution in [1.29, 1.82) is 0 Å². The number of nitrogens with two attached hydrogens (primary N) is 1. The Morgan fingerprint density at radius 2 is 2.19 bits per heavy atom. The summed E-state index contributed by atoms with van der Waals surface area (Å²) in [6.45, 7) is 0.459. The Bertz CT molecular complexity index is 803. The maximum Gasteiger partial charge on any atom is 0.285 e. The lowest BCUT2D eigenvalue weighted by Gasteiger charge is -2.32. The topological polar surface area (TPSA) is 59.6 Å². The van der Waals surface area contributed by atoms with Gasteiger partial charge in [-0.15, -0.1) is 0 Å². The summed E-state index contributed by atoms with van der Waals surface area (Å²) >= 11 is 6.46. The van der Waals surface area contributed by atoms with Crippen LogP contribution in [0.25, 0.3) is 0 Å². The number of hydrogen-bond donors (Lipinski definition) is 2. The minimum atomic E-state index is -0.889. The first kappa shape index (κ1) is 18.5. The number of hydrogen-bond acceptors (Lipinski definition) is 4. The molecular formula is C21H25ClFN3O. The molecule has 3 N–H and O–H groups in total. The summed E-state index contributed by atoms with van der Waals surface area (Å²) in [6.07, 6.45) is 7.72. The van der Waals surface area contributed by atoms with Crippen molar-refractivity contribution in [3.63, 3.8) is 0 Å². The van der Waals surface area contributed by atoms with Gasteiger partial charge >= 0.3 is 0 Å². The molecule has 2 aliphatic carbocycles. The molecule has 6 heteroatoms. The van der Waals surface area contributed by atoms with Gasteiger partial charge < -0.3 is 15.8 Å². The standard InChI is InChI=1S/C21H25ClFN3O/c1-27-21-25-19(14-5-7-18(23)15(9-14)13-3-4-13)10-20(26-21)16-8-12(11-24)2-6-17(16)22/h2,5-9,13,15,18-20H,3-4,10-11,24H2,1H3,(H,25,26). The zero-order valence-corrected chi connectivity index (χ0v) is 16.1. The number of aliphatic imine (C=N–C) groups is 1. The van der Waals surface area contributed by atoms with Crippen molar-refractivity contribution in [2.75, 3.05) is 7.11 Å². The fourth-order valence-corrected chi connectivity index (χ4v) is 4.23. The van der Waals surface area contributed by atoms with Gasteiger partial charge in [0, 0.05) is 17.5 Å². The van der Waals surface area contributed by atoms with Crippen LogP contribution in [0.5, 0.6) is 0 Å². The summed E-state index contributed by atoms with van der Waals surface area (Å²) in [6, 6.07) is 6.19. The molecular weight excluding hydrogens is 365 g/mol. The average molecular weight is 390 g/mol. The molecule has 0 bridgehead atoms. The van der Waals surface area contributed by atoms with E-state index in [4.69, 9.17) is 22.1 Å². The number of nitrogens with zero attached hydrogens (tertiary/aromatic N) is 1. The molecule has 4 atom stereocenters. The molecule has 4 rings (SSSR count). The second-order valence-corrected chi connectivity index (χ2v) is 7.94. The maximum absolute atomic E-state index is 14.3. The van der Waals surface area contributed by atoms with Gasteiger partial charge in [-0.05, 0) is 54.0 Å². The van der Waals surface area contributed by atoms with Crippen molar-refractivity contribution in [1.82, 2.24) is 5.32 Å². The van der Waals surface area contributed by atoms with Crippen LogP contribution in [0.3, 0.4) is 0 Å². The molecule has 0 spiro atoms. The number of halogens is 2. The van der Waals surface area contributed by atoms with Crippen molar-refractivity contribution >= 4 is 17.6 Å². The average Bonchev–Trinajstić information content (AvgIpc) is 3.53. The summed E-state index contributed by atoms with van der Waals surface area (Å²) in [4.78, 5) is 4.68. The van der Waals surface area contributed by atoms with E-state index in [0.717, 1.165) is 36.0 Å². The SMILES string of the molecule is COC1=NC(C2=CC(C3CC3)C(F)C=C2)CC(c2cc(CN)ccc2Cl)N1. The number of methoxy groups -OCH3 is 1. The van der Waals surface area contributed by atoms with Gasteiger partial charge in [0.15, 0.2) is 0 Å². The van der Waals surface area contributed by atoms with E-state index in [1.165, 1.54) is 0 Å². The van der Waals surface area contributed by atoms with E-state index in [0.29, 0.717) is 23.5 Å². The number of nitrogens with one attached hydrogen (secondary N) is 1. The Morgan fingerprint density at radius 1 is 1.37 bits per heavy atom. The van der Waals surface area contributed by atoms with Crippen LogP contribution in [0.4, 0.5) is 4.39 Å². The number of allylic oxidation sites excluding steroid dienone is 2. The molecule has 1 fully saturated rings. The van der Waals surface area contributed by atoms with E-state index in [9.17, 15) is 4.39 Å². The fraction of sp³-hybridized carbons (Fsp3) is 0.476. The first-order valence-corrected chi connectivity index (χ1v) is 9.87. The Hall–Kier alpha value is -1.85. The zero-order chi connectivity index (χ0) is 19.0. The number of ether oxygens (including phenoxy) is 1. The Labute approximate surface area is 164 Å². The van der Waals surface area contributed by atoms with Crippen molar-refractivity contribution in [3.8, 4) is 0 Å². The summed E-state index contributed by atoms with van der Waals surface area (Å²) in [7, 11) is 1.60. The number of alkyl halides is 1. The monoisotopic (exact) mass is 389 g/mol. The maximum atomic E-state index is 14.3. The Morgan fingerprint density at radius 3 is 2.89 bits per heavy atom. The van der Waals surface area contributed by atoms with Crippen LogP contribution >= 0.6 is 11.6 Å². The van der Waals surface area contributed by atoms with Crippen LogP contribution < -0.4 is 11.1 Å². The second kappa shape index (κ2) is 7.64. The molecule has 1 heterocycles. The normalized spacial score (nSPS) is 30.4. The highest BCUT2D eigenvalue weighted by Crippen LogP contribution is 2.43. The number of rotatable bonds is 4. The van der Waals surface area contributed by atoms with E-state index in [2.05, 4.69) is 16.4 Å². The van der Waals surface area contributed by atoms with Gasteiger partial charge in [0.05, 0.1) is 19.2 Å². The number of amidine groups is 1. The highest BCUT2D eigenvalue weighted by atomic mass is 35.5. The molecule has 4 unspecified atom stereocenters. The van der Waals surface area contributed by atoms with Gasteiger partial charge in [0.2, 0.25) is 0 Å². The third kappa shape index (κ3) is 3.90.